The Morgan fingerprint density at radius 2 is 1.75 bits per heavy atom. The number of hydrogen-bond acceptors (Lipinski definition) is 5. The summed E-state index contributed by atoms with van der Waals surface area (Å²) >= 11 is 0. The summed E-state index contributed by atoms with van der Waals surface area (Å²) in [4.78, 5) is 53.4. The first-order chi connectivity index (χ1) is 16.8. The summed E-state index contributed by atoms with van der Waals surface area (Å²) in [5.41, 5.74) is 6.22. The Hall–Kier alpha value is -3.10. The van der Waals surface area contributed by atoms with Gasteiger partial charge in [-0.2, -0.15) is 0 Å². The van der Waals surface area contributed by atoms with Gasteiger partial charge in [0.2, 0.25) is 17.7 Å². The second-order valence-corrected chi connectivity index (χ2v) is 10.9. The molecule has 0 radical (unpaired) electrons. The Kier molecular flexibility index (Phi) is 10.3. The minimum Gasteiger partial charge on any atom is -0.444 e. The lowest BCUT2D eigenvalue weighted by Crippen LogP contribution is -2.56. The number of ether oxygens (including phenoxy) is 1. The summed E-state index contributed by atoms with van der Waals surface area (Å²) in [6.07, 6.45) is 3.77. The average Bonchev–Trinajstić information content (AvgIpc) is 2.75. The molecule has 200 valence electrons. The van der Waals surface area contributed by atoms with Crippen LogP contribution in [0.1, 0.15) is 90.3 Å². The number of primary amides is 1. The predicted octanol–water partition coefficient (Wildman–Crippen LogP) is 3.49. The molecule has 4 amide bonds. The highest BCUT2D eigenvalue weighted by Gasteiger charge is 2.39. The van der Waals surface area contributed by atoms with Gasteiger partial charge in [0.1, 0.15) is 17.7 Å². The summed E-state index contributed by atoms with van der Waals surface area (Å²) in [6.45, 7) is 10.6. The minimum absolute atomic E-state index is 0.0454. The number of aryl methyl sites for hydroxylation is 1. The van der Waals surface area contributed by atoms with Crippen LogP contribution in [0.15, 0.2) is 24.3 Å². The van der Waals surface area contributed by atoms with Crippen LogP contribution >= 0.6 is 0 Å². The topological polar surface area (TPSA) is 131 Å². The molecule has 1 aromatic carbocycles. The number of carbonyl (C=O) groups is 4. The summed E-state index contributed by atoms with van der Waals surface area (Å²) < 4.78 is 5.30. The van der Waals surface area contributed by atoms with Crippen LogP contribution < -0.4 is 16.4 Å². The summed E-state index contributed by atoms with van der Waals surface area (Å²) in [5.74, 6) is -1.63. The second kappa shape index (κ2) is 12.7. The average molecular weight is 503 g/mol. The van der Waals surface area contributed by atoms with Gasteiger partial charge in [-0.25, -0.2) is 4.79 Å². The fourth-order valence-corrected chi connectivity index (χ4v) is 4.52. The van der Waals surface area contributed by atoms with Crippen molar-refractivity contribution in [1.82, 2.24) is 15.5 Å². The third-order valence-electron chi connectivity index (χ3n) is 6.04. The van der Waals surface area contributed by atoms with Crippen molar-refractivity contribution in [3.05, 3.63) is 35.4 Å². The van der Waals surface area contributed by atoms with Gasteiger partial charge in [0.15, 0.2) is 0 Å². The Morgan fingerprint density at radius 3 is 2.28 bits per heavy atom. The van der Waals surface area contributed by atoms with E-state index in [0.717, 1.165) is 37.7 Å². The first-order valence-corrected chi connectivity index (χ1v) is 12.8. The molecule has 1 saturated carbocycles. The molecule has 0 heterocycles. The number of rotatable bonds is 9. The lowest BCUT2D eigenvalue weighted by atomic mass is 9.94. The smallest absolute Gasteiger partial charge is 0.408 e. The maximum atomic E-state index is 13.9. The van der Waals surface area contributed by atoms with Gasteiger partial charge in [-0.05, 0) is 59.9 Å². The third-order valence-corrected chi connectivity index (χ3v) is 6.04. The van der Waals surface area contributed by atoms with Crippen molar-refractivity contribution in [2.45, 2.75) is 110 Å². The molecular weight excluding hydrogens is 460 g/mol. The van der Waals surface area contributed by atoms with E-state index < -0.39 is 48.1 Å². The van der Waals surface area contributed by atoms with Crippen LogP contribution in [0, 0.1) is 6.92 Å². The normalized spacial score (nSPS) is 16.1. The Bertz CT molecular complexity index is 934. The van der Waals surface area contributed by atoms with Crippen LogP contribution in [-0.4, -0.2) is 52.4 Å². The lowest BCUT2D eigenvalue weighted by Gasteiger charge is -2.38. The standard InChI is InChI=1S/C27H42N4O5/c1-17(2)31(25(34)21(16-22(28)32)30-26(35)36-27(4,5)6)23(19-12-10-11-18(3)15-19)24(33)29-20-13-8-7-9-14-20/h10-12,15,17,20-21,23H,7-9,13-14,16H2,1-6H3,(H2,28,32)(H,29,33)(H,30,35). The highest BCUT2D eigenvalue weighted by atomic mass is 16.6. The number of nitrogens with zero attached hydrogens (tertiary/aromatic N) is 1. The Labute approximate surface area is 214 Å². The number of nitrogens with two attached hydrogens (primary N) is 1. The van der Waals surface area contributed by atoms with Crippen LogP contribution in [0.3, 0.4) is 0 Å². The zero-order valence-corrected chi connectivity index (χ0v) is 22.4. The van der Waals surface area contributed by atoms with Crippen LogP contribution in [0.25, 0.3) is 0 Å². The van der Waals surface area contributed by atoms with Gasteiger partial charge in [0, 0.05) is 12.1 Å². The van der Waals surface area contributed by atoms with E-state index >= 15 is 0 Å². The fourth-order valence-electron chi connectivity index (χ4n) is 4.52. The molecule has 2 atom stereocenters. The number of benzene rings is 1. The molecule has 0 aromatic heterocycles. The molecular formula is C27H42N4O5. The van der Waals surface area contributed by atoms with Crippen molar-refractivity contribution in [3.63, 3.8) is 0 Å². The number of nitrogens with one attached hydrogen (secondary N) is 2. The summed E-state index contributed by atoms with van der Waals surface area (Å²) in [5, 5.41) is 5.64. The van der Waals surface area contributed by atoms with E-state index in [0.29, 0.717) is 5.56 Å². The maximum Gasteiger partial charge on any atom is 0.408 e. The SMILES string of the molecule is Cc1cccc(C(C(=O)NC2CCCCC2)N(C(=O)C(CC(N)=O)NC(=O)OC(C)(C)C)C(C)C)c1. The molecule has 9 heteroatoms. The molecule has 36 heavy (non-hydrogen) atoms. The number of hydrogen-bond donors (Lipinski definition) is 3. The van der Waals surface area contributed by atoms with Crippen molar-refractivity contribution in [3.8, 4) is 0 Å². The molecule has 4 N–H and O–H groups in total. The van der Waals surface area contributed by atoms with E-state index in [4.69, 9.17) is 10.5 Å². The van der Waals surface area contributed by atoms with E-state index in [1.807, 2.05) is 31.2 Å². The molecule has 0 aliphatic heterocycles. The van der Waals surface area contributed by atoms with Gasteiger partial charge in [-0.15, -0.1) is 0 Å². The maximum absolute atomic E-state index is 13.9. The molecule has 0 saturated heterocycles. The van der Waals surface area contributed by atoms with E-state index in [2.05, 4.69) is 10.6 Å². The quantitative estimate of drug-likeness (QED) is 0.476. The van der Waals surface area contributed by atoms with Gasteiger partial charge in [-0.1, -0.05) is 49.1 Å². The van der Waals surface area contributed by atoms with E-state index in [1.54, 1.807) is 34.6 Å². The van der Waals surface area contributed by atoms with E-state index in [9.17, 15) is 19.2 Å². The Balaban J connectivity index is 2.44. The van der Waals surface area contributed by atoms with Crippen molar-refractivity contribution < 1.29 is 23.9 Å². The van der Waals surface area contributed by atoms with Crippen LogP contribution in [0.4, 0.5) is 4.79 Å². The monoisotopic (exact) mass is 502 g/mol. The summed E-state index contributed by atoms with van der Waals surface area (Å²) in [7, 11) is 0. The molecule has 2 unspecified atom stereocenters. The van der Waals surface area contributed by atoms with Crippen molar-refractivity contribution in [2.24, 2.45) is 5.73 Å². The van der Waals surface area contributed by atoms with E-state index in [-0.39, 0.29) is 11.9 Å². The minimum atomic E-state index is -1.28. The zero-order valence-electron chi connectivity index (χ0n) is 22.4. The molecule has 0 bridgehead atoms. The number of alkyl carbamates (subject to hydrolysis) is 1. The summed E-state index contributed by atoms with van der Waals surface area (Å²) in [6, 6.07) is 4.84. The largest absolute Gasteiger partial charge is 0.444 e. The van der Waals surface area contributed by atoms with Crippen LogP contribution in [0.2, 0.25) is 0 Å². The van der Waals surface area contributed by atoms with Crippen LogP contribution in [0.5, 0.6) is 0 Å². The predicted molar refractivity (Wildman–Crippen MR) is 138 cm³/mol. The first-order valence-electron chi connectivity index (χ1n) is 12.8. The number of carbonyl (C=O) groups excluding carboxylic acids is 4. The molecule has 0 spiro atoms. The first kappa shape index (κ1) is 29.1. The van der Waals surface area contributed by atoms with Crippen LogP contribution in [-0.2, 0) is 19.1 Å². The fraction of sp³-hybridized carbons (Fsp3) is 0.630. The second-order valence-electron chi connectivity index (χ2n) is 10.9. The van der Waals surface area contributed by atoms with Gasteiger partial charge in [0.05, 0.1) is 6.42 Å². The molecule has 9 nitrogen and oxygen atoms in total. The van der Waals surface area contributed by atoms with Gasteiger partial charge in [-0.3, -0.25) is 14.4 Å². The highest BCUT2D eigenvalue weighted by molar-refractivity contribution is 5.94. The van der Waals surface area contributed by atoms with E-state index in [1.165, 1.54) is 4.90 Å². The molecule has 2 rings (SSSR count). The van der Waals surface area contributed by atoms with Gasteiger partial charge < -0.3 is 26.0 Å². The molecule has 1 aliphatic carbocycles. The van der Waals surface area contributed by atoms with Crippen molar-refractivity contribution in [1.29, 1.82) is 0 Å². The Morgan fingerprint density at radius 1 is 1.11 bits per heavy atom. The highest BCUT2D eigenvalue weighted by Crippen LogP contribution is 2.27. The van der Waals surface area contributed by atoms with Gasteiger partial charge >= 0.3 is 6.09 Å². The van der Waals surface area contributed by atoms with Crippen molar-refractivity contribution in [2.75, 3.05) is 0 Å². The molecule has 1 fully saturated rings. The lowest BCUT2D eigenvalue weighted by molar-refractivity contribution is -0.145. The molecule has 1 aliphatic rings. The van der Waals surface area contributed by atoms with Crippen molar-refractivity contribution >= 4 is 23.8 Å². The van der Waals surface area contributed by atoms with Gasteiger partial charge in [0.25, 0.3) is 0 Å². The zero-order chi connectivity index (χ0) is 27.0. The number of amides is 4. The third kappa shape index (κ3) is 8.84. The molecule has 1 aromatic rings.